The summed E-state index contributed by atoms with van der Waals surface area (Å²) in [5, 5.41) is 9.48. The van der Waals surface area contributed by atoms with Gasteiger partial charge in [0.15, 0.2) is 0 Å². The van der Waals surface area contributed by atoms with Crippen molar-refractivity contribution in [3.05, 3.63) is 0 Å². The summed E-state index contributed by atoms with van der Waals surface area (Å²) < 4.78 is 0. The first-order chi connectivity index (χ1) is 6.52. The van der Waals surface area contributed by atoms with Crippen LogP contribution in [0.15, 0.2) is 0 Å². The van der Waals surface area contributed by atoms with E-state index in [4.69, 9.17) is 5.73 Å². The van der Waals surface area contributed by atoms with Crippen molar-refractivity contribution in [1.29, 1.82) is 0 Å². The zero-order valence-electron chi connectivity index (χ0n) is 10.2. The Morgan fingerprint density at radius 2 is 1.86 bits per heavy atom. The van der Waals surface area contributed by atoms with Crippen molar-refractivity contribution < 1.29 is 5.11 Å². The van der Waals surface area contributed by atoms with Gasteiger partial charge in [0.25, 0.3) is 0 Å². The molecule has 0 heterocycles. The molecule has 0 saturated carbocycles. The fourth-order valence-corrected chi connectivity index (χ4v) is 2.16. The van der Waals surface area contributed by atoms with Crippen LogP contribution in [-0.2, 0) is 0 Å². The first-order valence-electron chi connectivity index (χ1n) is 5.83. The molecule has 0 aromatic heterocycles. The van der Waals surface area contributed by atoms with Gasteiger partial charge in [0, 0.05) is 12.0 Å². The van der Waals surface area contributed by atoms with E-state index >= 15 is 0 Å². The maximum absolute atomic E-state index is 9.48. The molecule has 3 N–H and O–H groups in total. The summed E-state index contributed by atoms with van der Waals surface area (Å²) >= 11 is 0. The Balaban J connectivity index is 4.34. The van der Waals surface area contributed by atoms with Gasteiger partial charge in [-0.25, -0.2) is 0 Å². The van der Waals surface area contributed by atoms with Crippen LogP contribution in [0.2, 0.25) is 0 Å². The Morgan fingerprint density at radius 3 is 2.14 bits per heavy atom. The van der Waals surface area contributed by atoms with E-state index in [2.05, 4.69) is 27.7 Å². The molecule has 0 aliphatic heterocycles. The molecule has 2 unspecified atom stereocenters. The quantitative estimate of drug-likeness (QED) is 0.664. The van der Waals surface area contributed by atoms with Crippen LogP contribution >= 0.6 is 0 Å². The van der Waals surface area contributed by atoms with Crippen molar-refractivity contribution >= 4 is 0 Å². The van der Waals surface area contributed by atoms with Crippen LogP contribution in [-0.4, -0.2) is 18.3 Å². The number of hydrogen-bond donors (Lipinski definition) is 2. The third-order valence-corrected chi connectivity index (χ3v) is 3.48. The van der Waals surface area contributed by atoms with E-state index in [0.717, 1.165) is 6.42 Å². The van der Waals surface area contributed by atoms with Gasteiger partial charge < -0.3 is 10.8 Å². The third-order valence-electron chi connectivity index (χ3n) is 3.48. The molecule has 0 fully saturated rings. The fraction of sp³-hybridized carbons (Fsp3) is 1.00. The Labute approximate surface area is 88.9 Å². The largest absolute Gasteiger partial charge is 0.396 e. The molecule has 2 nitrogen and oxygen atoms in total. The van der Waals surface area contributed by atoms with Crippen molar-refractivity contribution in [1.82, 2.24) is 0 Å². The van der Waals surface area contributed by atoms with Crippen molar-refractivity contribution in [3.63, 3.8) is 0 Å². The summed E-state index contributed by atoms with van der Waals surface area (Å²) in [6.45, 7) is 9.58. The van der Waals surface area contributed by atoms with E-state index in [0.29, 0.717) is 18.4 Å². The molecule has 0 saturated heterocycles. The smallest absolute Gasteiger partial charge is 0.0502 e. The van der Waals surface area contributed by atoms with Gasteiger partial charge in [-0.1, -0.05) is 40.5 Å². The SMILES string of the molecule is CCCC(C)CC(CN)(CO)C(C)C. The van der Waals surface area contributed by atoms with Gasteiger partial charge in [0.05, 0.1) is 6.61 Å². The number of hydrogen-bond acceptors (Lipinski definition) is 2. The van der Waals surface area contributed by atoms with Gasteiger partial charge >= 0.3 is 0 Å². The lowest BCUT2D eigenvalue weighted by atomic mass is 9.71. The minimum absolute atomic E-state index is 0.0609. The van der Waals surface area contributed by atoms with Crippen molar-refractivity contribution in [2.75, 3.05) is 13.2 Å². The van der Waals surface area contributed by atoms with Gasteiger partial charge in [0.1, 0.15) is 0 Å². The lowest BCUT2D eigenvalue weighted by molar-refractivity contribution is 0.0585. The molecule has 0 aliphatic rings. The second-order valence-electron chi connectivity index (χ2n) is 4.98. The summed E-state index contributed by atoms with van der Waals surface area (Å²) in [5.74, 6) is 1.12. The van der Waals surface area contributed by atoms with E-state index in [1.54, 1.807) is 0 Å². The number of aliphatic hydroxyl groups is 1. The molecule has 0 aliphatic carbocycles. The van der Waals surface area contributed by atoms with Crippen LogP contribution in [0.3, 0.4) is 0 Å². The molecule has 0 spiro atoms. The fourth-order valence-electron chi connectivity index (χ4n) is 2.16. The Bertz CT molecular complexity index is 141. The van der Waals surface area contributed by atoms with E-state index in [1.807, 2.05) is 0 Å². The molecule has 0 aromatic rings. The predicted octanol–water partition coefficient (Wildman–Crippen LogP) is 2.41. The van der Waals surface area contributed by atoms with E-state index in [-0.39, 0.29) is 12.0 Å². The van der Waals surface area contributed by atoms with Gasteiger partial charge in [-0.15, -0.1) is 0 Å². The van der Waals surface area contributed by atoms with E-state index in [9.17, 15) is 5.11 Å². The monoisotopic (exact) mass is 201 g/mol. The third kappa shape index (κ3) is 3.58. The zero-order valence-corrected chi connectivity index (χ0v) is 10.2. The maximum Gasteiger partial charge on any atom is 0.0502 e. The molecule has 0 bridgehead atoms. The second kappa shape index (κ2) is 6.41. The Morgan fingerprint density at radius 1 is 1.29 bits per heavy atom. The average Bonchev–Trinajstić information content (AvgIpc) is 2.14. The first-order valence-corrected chi connectivity index (χ1v) is 5.83. The van der Waals surface area contributed by atoms with Crippen LogP contribution in [0.25, 0.3) is 0 Å². The number of aliphatic hydroxyl groups excluding tert-OH is 1. The number of nitrogens with two attached hydrogens (primary N) is 1. The van der Waals surface area contributed by atoms with Crippen LogP contribution in [0.1, 0.15) is 47.0 Å². The van der Waals surface area contributed by atoms with Gasteiger partial charge in [-0.05, 0) is 18.3 Å². The highest BCUT2D eigenvalue weighted by molar-refractivity contribution is 4.84. The highest BCUT2D eigenvalue weighted by Crippen LogP contribution is 2.34. The summed E-state index contributed by atoms with van der Waals surface area (Å²) in [6.07, 6.45) is 3.49. The molecular formula is C12H27NO. The van der Waals surface area contributed by atoms with Gasteiger partial charge in [0.2, 0.25) is 0 Å². The predicted molar refractivity (Wildman–Crippen MR) is 62.1 cm³/mol. The second-order valence-corrected chi connectivity index (χ2v) is 4.98. The van der Waals surface area contributed by atoms with Crippen LogP contribution < -0.4 is 5.73 Å². The lowest BCUT2D eigenvalue weighted by Crippen LogP contribution is -2.40. The summed E-state index contributed by atoms with van der Waals surface area (Å²) in [6, 6.07) is 0. The average molecular weight is 201 g/mol. The van der Waals surface area contributed by atoms with Gasteiger partial charge in [-0.3, -0.25) is 0 Å². The van der Waals surface area contributed by atoms with Crippen LogP contribution in [0.5, 0.6) is 0 Å². The Kier molecular flexibility index (Phi) is 6.38. The van der Waals surface area contributed by atoms with Crippen LogP contribution in [0.4, 0.5) is 0 Å². The highest BCUT2D eigenvalue weighted by Gasteiger charge is 2.32. The molecule has 0 aromatic carbocycles. The van der Waals surface area contributed by atoms with Crippen molar-refractivity contribution in [2.24, 2.45) is 23.0 Å². The minimum Gasteiger partial charge on any atom is -0.396 e. The maximum atomic E-state index is 9.48. The molecule has 0 radical (unpaired) electrons. The Hall–Kier alpha value is -0.0800. The molecule has 0 amide bonds. The summed E-state index contributed by atoms with van der Waals surface area (Å²) in [4.78, 5) is 0. The van der Waals surface area contributed by atoms with Crippen LogP contribution in [0, 0.1) is 17.3 Å². The summed E-state index contributed by atoms with van der Waals surface area (Å²) in [5.41, 5.74) is 5.74. The normalized spacial score (nSPS) is 18.2. The van der Waals surface area contributed by atoms with E-state index in [1.165, 1.54) is 12.8 Å². The standard InChI is InChI=1S/C12H27NO/c1-5-6-11(4)7-12(8-13,9-14)10(2)3/h10-11,14H,5-9,13H2,1-4H3. The minimum atomic E-state index is -0.0609. The summed E-state index contributed by atoms with van der Waals surface area (Å²) in [7, 11) is 0. The van der Waals surface area contributed by atoms with Crippen molar-refractivity contribution in [3.8, 4) is 0 Å². The topological polar surface area (TPSA) is 46.2 Å². The number of rotatable bonds is 7. The molecule has 2 heteroatoms. The molecule has 0 rings (SSSR count). The van der Waals surface area contributed by atoms with E-state index < -0.39 is 0 Å². The molecule has 14 heavy (non-hydrogen) atoms. The molecular weight excluding hydrogens is 174 g/mol. The lowest BCUT2D eigenvalue weighted by Gasteiger charge is -2.37. The molecule has 2 atom stereocenters. The highest BCUT2D eigenvalue weighted by atomic mass is 16.3. The zero-order chi connectivity index (χ0) is 11.2. The molecule has 86 valence electrons. The van der Waals surface area contributed by atoms with Crippen molar-refractivity contribution in [2.45, 2.75) is 47.0 Å². The first kappa shape index (κ1) is 13.9. The van der Waals surface area contributed by atoms with Gasteiger partial charge in [-0.2, -0.15) is 0 Å².